The van der Waals surface area contributed by atoms with E-state index >= 15 is 4.79 Å². The van der Waals surface area contributed by atoms with Crippen LogP contribution in [0, 0.1) is 24.7 Å². The molecule has 0 saturated carbocycles. The zero-order valence-corrected chi connectivity index (χ0v) is 27.0. The molecule has 2 aromatic rings. The smallest absolute Gasteiger partial charge is 0.312 e. The number of anilines is 1. The second-order valence-electron chi connectivity index (χ2n) is 12.7. The summed E-state index contributed by atoms with van der Waals surface area (Å²) in [6.07, 6.45) is 5.38. The summed E-state index contributed by atoms with van der Waals surface area (Å²) in [7, 11) is 0. The number of likely N-dealkylation sites (tertiary alicyclic amines) is 1. The Kier molecular flexibility index (Phi) is 9.59. The Morgan fingerprint density at radius 1 is 1.20 bits per heavy atom. The highest BCUT2D eigenvalue weighted by molar-refractivity contribution is 6.34. The van der Waals surface area contributed by atoms with Crippen LogP contribution in [0.15, 0.2) is 73.8 Å². The van der Waals surface area contributed by atoms with Crippen LogP contribution >= 0.6 is 11.6 Å². The third kappa shape index (κ3) is 5.51. The van der Waals surface area contributed by atoms with Gasteiger partial charge in [0.25, 0.3) is 5.91 Å². The number of aliphatic hydroxyl groups is 1. The van der Waals surface area contributed by atoms with Gasteiger partial charge in [-0.05, 0) is 62.6 Å². The number of unbranched alkanes of at least 4 members (excludes halogenated alkanes) is 1. The van der Waals surface area contributed by atoms with Gasteiger partial charge in [-0.2, -0.15) is 0 Å². The molecule has 9 heteroatoms. The lowest BCUT2D eigenvalue weighted by Gasteiger charge is -2.40. The van der Waals surface area contributed by atoms with Gasteiger partial charge in [0, 0.05) is 6.54 Å². The summed E-state index contributed by atoms with van der Waals surface area (Å²) < 4.78 is 12.6. The number of hydrogen-bond acceptors (Lipinski definition) is 6. The number of ether oxygens (including phenoxy) is 2. The molecule has 2 amide bonds. The Bertz CT molecular complexity index is 1440. The zero-order chi connectivity index (χ0) is 32.5. The minimum atomic E-state index is -1.31. The van der Waals surface area contributed by atoms with Crippen LogP contribution in [0.4, 0.5) is 5.69 Å². The Balaban J connectivity index is 1.64. The molecule has 8 nitrogen and oxygen atoms in total. The fourth-order valence-corrected chi connectivity index (χ4v) is 8.19. The van der Waals surface area contributed by atoms with Crippen LogP contribution in [0.25, 0.3) is 0 Å². The fourth-order valence-electron chi connectivity index (χ4n) is 7.87. The topological polar surface area (TPSA) is 96.4 Å². The standard InChI is InChI=1S/C36H43ClN2O6/c1-6-8-12-19-44-34(43)29-28-32(41)39(26(22-40)20-25-15-10-9-11-16-25)31(36(28)21-24(4)35(29,5)45-36)33(42)38(18-7-2)30-23(3)14-13-17-27(30)37/h6-7,9-11,13-17,24,26,28-29,31,40H,1-2,8,12,18-22H2,3-5H3/t24?,26-,28+,29-,31?,35+,36?/m1/s1. The van der Waals surface area contributed by atoms with Crippen molar-refractivity contribution >= 4 is 35.1 Å². The van der Waals surface area contributed by atoms with Crippen molar-refractivity contribution in [1.29, 1.82) is 0 Å². The molecule has 0 aromatic heterocycles. The van der Waals surface area contributed by atoms with Crippen molar-refractivity contribution in [2.45, 2.75) is 69.7 Å². The second-order valence-corrected chi connectivity index (χ2v) is 13.1. The first kappa shape index (κ1) is 32.9. The van der Waals surface area contributed by atoms with Gasteiger partial charge >= 0.3 is 5.97 Å². The Hall–Kier alpha value is -3.46. The summed E-state index contributed by atoms with van der Waals surface area (Å²) in [5, 5.41) is 11.2. The molecule has 45 heavy (non-hydrogen) atoms. The number of esters is 1. The van der Waals surface area contributed by atoms with Crippen LogP contribution in [0.2, 0.25) is 5.02 Å². The highest BCUT2D eigenvalue weighted by atomic mass is 35.5. The van der Waals surface area contributed by atoms with Gasteiger partial charge in [0.1, 0.15) is 17.6 Å². The number of benzene rings is 2. The monoisotopic (exact) mass is 634 g/mol. The van der Waals surface area contributed by atoms with E-state index in [2.05, 4.69) is 13.2 Å². The normalized spacial score (nSPS) is 28.9. The van der Waals surface area contributed by atoms with Gasteiger partial charge in [0.2, 0.25) is 5.91 Å². The van der Waals surface area contributed by atoms with Crippen LogP contribution in [-0.4, -0.2) is 70.8 Å². The molecule has 3 aliphatic heterocycles. The van der Waals surface area contributed by atoms with Gasteiger partial charge in [-0.3, -0.25) is 14.4 Å². The number of para-hydroxylation sites is 1. The van der Waals surface area contributed by atoms with Gasteiger partial charge in [0.05, 0.1) is 41.5 Å². The molecule has 2 bridgehead atoms. The molecule has 3 aliphatic rings. The molecular formula is C36H43ClN2O6. The summed E-state index contributed by atoms with van der Waals surface area (Å²) in [6.45, 7) is 13.3. The van der Waals surface area contributed by atoms with Crippen molar-refractivity contribution in [3.8, 4) is 0 Å². The number of hydrogen-bond donors (Lipinski definition) is 1. The number of aryl methyl sites for hydroxylation is 1. The largest absolute Gasteiger partial charge is 0.465 e. The predicted octanol–water partition coefficient (Wildman–Crippen LogP) is 5.29. The Morgan fingerprint density at radius 3 is 2.58 bits per heavy atom. The van der Waals surface area contributed by atoms with E-state index < -0.39 is 47.0 Å². The van der Waals surface area contributed by atoms with Gasteiger partial charge < -0.3 is 24.4 Å². The SMILES string of the molecule is C=CCCCOC(=O)[C@H]1[C@H]2C(=O)N([C@@H](CO)Cc3ccccc3)C(C(=O)N(CC=C)c3c(C)cccc3Cl)C23CC(C)[C@]1(C)O3. The molecule has 3 fully saturated rings. The molecule has 240 valence electrons. The second kappa shape index (κ2) is 13.1. The van der Waals surface area contributed by atoms with Crippen molar-refractivity contribution in [3.63, 3.8) is 0 Å². The van der Waals surface area contributed by atoms with Gasteiger partial charge in [-0.25, -0.2) is 0 Å². The van der Waals surface area contributed by atoms with Crippen LogP contribution in [0.5, 0.6) is 0 Å². The van der Waals surface area contributed by atoms with Crippen molar-refractivity contribution in [1.82, 2.24) is 4.90 Å². The third-order valence-corrected chi connectivity index (χ3v) is 10.3. The average Bonchev–Trinajstić information content (AvgIpc) is 3.54. The number of carbonyl (C=O) groups excluding carboxylic acids is 3. The molecule has 1 N–H and O–H groups in total. The molecule has 2 aromatic carbocycles. The molecule has 3 heterocycles. The summed E-state index contributed by atoms with van der Waals surface area (Å²) in [5.41, 5.74) is -0.128. The zero-order valence-electron chi connectivity index (χ0n) is 26.3. The van der Waals surface area contributed by atoms with E-state index in [1.807, 2.05) is 63.2 Å². The third-order valence-electron chi connectivity index (χ3n) is 9.99. The van der Waals surface area contributed by atoms with E-state index in [1.165, 1.54) is 4.90 Å². The quantitative estimate of drug-likeness (QED) is 0.183. The number of allylic oxidation sites excluding steroid dienone is 1. The predicted molar refractivity (Wildman–Crippen MR) is 174 cm³/mol. The molecule has 7 atom stereocenters. The van der Waals surface area contributed by atoms with E-state index in [9.17, 15) is 14.7 Å². The summed E-state index contributed by atoms with van der Waals surface area (Å²) >= 11 is 6.69. The summed E-state index contributed by atoms with van der Waals surface area (Å²) in [5.74, 6) is -3.31. The van der Waals surface area contributed by atoms with Crippen LogP contribution in [0.1, 0.15) is 44.2 Å². The molecule has 1 spiro atoms. The van der Waals surface area contributed by atoms with Crippen molar-refractivity contribution in [3.05, 3.63) is 90.0 Å². The van der Waals surface area contributed by atoms with Gasteiger partial charge in [-0.15, -0.1) is 13.2 Å². The van der Waals surface area contributed by atoms with Crippen LogP contribution in [0.3, 0.4) is 0 Å². The first-order valence-corrected chi connectivity index (χ1v) is 16.1. The molecule has 3 unspecified atom stereocenters. The number of aliphatic hydroxyl groups excluding tert-OH is 1. The number of halogens is 1. The summed E-state index contributed by atoms with van der Waals surface area (Å²) in [4.78, 5) is 46.7. The van der Waals surface area contributed by atoms with Crippen LogP contribution < -0.4 is 4.90 Å². The summed E-state index contributed by atoms with van der Waals surface area (Å²) in [6, 6.07) is 13.0. The van der Waals surface area contributed by atoms with Gasteiger partial charge in [-0.1, -0.05) is 73.1 Å². The van der Waals surface area contributed by atoms with Crippen molar-refractivity contribution in [2.75, 3.05) is 24.7 Å². The highest BCUT2D eigenvalue weighted by Crippen LogP contribution is 2.66. The Labute approximate surface area is 270 Å². The number of carbonyl (C=O) groups is 3. The highest BCUT2D eigenvalue weighted by Gasteiger charge is 2.80. The van der Waals surface area contributed by atoms with Crippen molar-refractivity contribution < 1.29 is 29.0 Å². The van der Waals surface area contributed by atoms with E-state index in [0.717, 1.165) is 11.1 Å². The lowest BCUT2D eigenvalue weighted by atomic mass is 9.62. The number of fused-ring (bicyclic) bond motifs is 1. The van der Waals surface area contributed by atoms with Crippen molar-refractivity contribution in [2.24, 2.45) is 17.8 Å². The molecule has 3 saturated heterocycles. The lowest BCUT2D eigenvalue weighted by molar-refractivity contribution is -0.162. The lowest BCUT2D eigenvalue weighted by Crippen LogP contribution is -2.59. The van der Waals surface area contributed by atoms with Crippen LogP contribution in [-0.2, 0) is 30.3 Å². The van der Waals surface area contributed by atoms with E-state index in [4.69, 9.17) is 21.1 Å². The minimum absolute atomic E-state index is 0.132. The first-order chi connectivity index (χ1) is 21.5. The van der Waals surface area contributed by atoms with Gasteiger partial charge in [0.15, 0.2) is 0 Å². The Morgan fingerprint density at radius 2 is 1.93 bits per heavy atom. The minimum Gasteiger partial charge on any atom is -0.465 e. The average molecular weight is 635 g/mol. The van der Waals surface area contributed by atoms with E-state index in [1.54, 1.807) is 23.1 Å². The first-order valence-electron chi connectivity index (χ1n) is 15.7. The number of amides is 2. The molecule has 0 aliphatic carbocycles. The maximum absolute atomic E-state index is 15.1. The van der Waals surface area contributed by atoms with E-state index in [-0.39, 0.29) is 31.6 Å². The fraction of sp³-hybridized carbons (Fsp3) is 0.472. The van der Waals surface area contributed by atoms with E-state index in [0.29, 0.717) is 36.4 Å². The maximum atomic E-state index is 15.1. The molecule has 5 rings (SSSR count). The maximum Gasteiger partial charge on any atom is 0.312 e. The molecular weight excluding hydrogens is 592 g/mol. The number of nitrogens with zero attached hydrogens (tertiary/aromatic N) is 2. The number of rotatable bonds is 13. The molecule has 0 radical (unpaired) electrons.